The summed E-state index contributed by atoms with van der Waals surface area (Å²) in [4.78, 5) is 22.3. The summed E-state index contributed by atoms with van der Waals surface area (Å²) in [5.41, 5.74) is 0. The van der Waals surface area contributed by atoms with Crippen LogP contribution in [0.3, 0.4) is 0 Å². The number of aliphatic hydroxyl groups excluding tert-OH is 1. The van der Waals surface area contributed by atoms with Gasteiger partial charge in [-0.05, 0) is 25.2 Å². The predicted octanol–water partition coefficient (Wildman–Crippen LogP) is 2.95. The molecule has 22 heavy (non-hydrogen) atoms. The second kappa shape index (κ2) is 10.2. The number of carbonyl (C=O) groups excluding carboxylic acids is 1. The molecule has 3 unspecified atom stereocenters. The molecule has 3 atom stereocenters. The molecular formula is C18H26O4. The van der Waals surface area contributed by atoms with Gasteiger partial charge >= 0.3 is 5.97 Å². The maximum absolute atomic E-state index is 11.9. The molecule has 1 fully saturated rings. The van der Waals surface area contributed by atoms with Gasteiger partial charge in [-0.15, -0.1) is 11.8 Å². The van der Waals surface area contributed by atoms with E-state index in [4.69, 9.17) is 5.11 Å². The van der Waals surface area contributed by atoms with Gasteiger partial charge in [0.25, 0.3) is 0 Å². The van der Waals surface area contributed by atoms with E-state index in [9.17, 15) is 14.7 Å². The Morgan fingerprint density at radius 3 is 2.91 bits per heavy atom. The number of aliphatic hydroxyl groups is 1. The molecule has 4 nitrogen and oxygen atoms in total. The number of carbonyl (C=O) groups is 2. The molecule has 122 valence electrons. The van der Waals surface area contributed by atoms with Crippen molar-refractivity contribution in [2.45, 2.75) is 64.4 Å². The SMILES string of the molecule is CCCC(O)C=CC1CCC(=O)C1CC#CCCCC(=O)O. The first kappa shape index (κ1) is 18.4. The van der Waals surface area contributed by atoms with Crippen molar-refractivity contribution >= 4 is 11.8 Å². The molecule has 0 spiro atoms. The molecule has 1 aliphatic rings. The number of unbranched alkanes of at least 4 members (excludes halogenated alkanes) is 1. The largest absolute Gasteiger partial charge is 0.481 e. The highest BCUT2D eigenvalue weighted by molar-refractivity contribution is 5.84. The van der Waals surface area contributed by atoms with Crippen LogP contribution in [0.25, 0.3) is 0 Å². The Labute approximate surface area is 132 Å². The third-order valence-corrected chi connectivity index (χ3v) is 3.96. The number of aliphatic carboxylic acids is 1. The Morgan fingerprint density at radius 1 is 1.45 bits per heavy atom. The van der Waals surface area contributed by atoms with E-state index in [1.807, 2.05) is 13.0 Å². The summed E-state index contributed by atoms with van der Waals surface area (Å²) in [7, 11) is 0. The highest BCUT2D eigenvalue weighted by atomic mass is 16.4. The van der Waals surface area contributed by atoms with Crippen LogP contribution in [0.4, 0.5) is 0 Å². The van der Waals surface area contributed by atoms with Crippen LogP contribution in [-0.2, 0) is 9.59 Å². The molecule has 1 rings (SSSR count). The lowest BCUT2D eigenvalue weighted by molar-refractivity contribution is -0.137. The van der Waals surface area contributed by atoms with E-state index in [0.717, 1.165) is 19.3 Å². The molecular weight excluding hydrogens is 280 g/mol. The minimum Gasteiger partial charge on any atom is -0.481 e. The van der Waals surface area contributed by atoms with Crippen molar-refractivity contribution in [2.24, 2.45) is 11.8 Å². The number of carboxylic acid groups (broad SMARTS) is 1. The quantitative estimate of drug-likeness (QED) is 0.411. The number of rotatable bonds is 8. The van der Waals surface area contributed by atoms with Crippen LogP contribution in [-0.4, -0.2) is 28.1 Å². The number of ketones is 1. The predicted molar refractivity (Wildman–Crippen MR) is 85.2 cm³/mol. The second-order valence-electron chi connectivity index (χ2n) is 5.82. The van der Waals surface area contributed by atoms with Gasteiger partial charge in [0.1, 0.15) is 5.78 Å². The molecule has 1 saturated carbocycles. The van der Waals surface area contributed by atoms with Crippen LogP contribution in [0.15, 0.2) is 12.2 Å². The third kappa shape index (κ3) is 6.91. The van der Waals surface area contributed by atoms with Crippen LogP contribution in [0, 0.1) is 23.7 Å². The molecule has 0 amide bonds. The lowest BCUT2D eigenvalue weighted by Crippen LogP contribution is -2.13. The molecule has 0 aromatic heterocycles. The zero-order valence-corrected chi connectivity index (χ0v) is 13.3. The van der Waals surface area contributed by atoms with Gasteiger partial charge in [0, 0.05) is 31.6 Å². The van der Waals surface area contributed by atoms with E-state index >= 15 is 0 Å². The van der Waals surface area contributed by atoms with Crippen molar-refractivity contribution in [3.05, 3.63) is 12.2 Å². The van der Waals surface area contributed by atoms with E-state index in [1.54, 1.807) is 6.08 Å². The summed E-state index contributed by atoms with van der Waals surface area (Å²) in [6.45, 7) is 2.03. The van der Waals surface area contributed by atoms with Gasteiger partial charge in [0.05, 0.1) is 6.10 Å². The first-order valence-electron chi connectivity index (χ1n) is 8.11. The van der Waals surface area contributed by atoms with E-state index in [-0.39, 0.29) is 24.0 Å². The molecule has 2 N–H and O–H groups in total. The molecule has 0 radical (unpaired) electrons. The van der Waals surface area contributed by atoms with Gasteiger partial charge in [-0.1, -0.05) is 25.5 Å². The summed E-state index contributed by atoms with van der Waals surface area (Å²) in [5, 5.41) is 18.3. The van der Waals surface area contributed by atoms with Crippen LogP contribution < -0.4 is 0 Å². The van der Waals surface area contributed by atoms with E-state index < -0.39 is 12.1 Å². The lowest BCUT2D eigenvalue weighted by Gasteiger charge is -2.12. The Kier molecular flexibility index (Phi) is 8.54. The van der Waals surface area contributed by atoms with Crippen molar-refractivity contribution in [1.82, 2.24) is 0 Å². The number of carboxylic acids is 1. The Balaban J connectivity index is 2.43. The first-order chi connectivity index (χ1) is 10.5. The average Bonchev–Trinajstić information content (AvgIpc) is 2.81. The molecule has 1 aliphatic carbocycles. The fraction of sp³-hybridized carbons (Fsp3) is 0.667. The van der Waals surface area contributed by atoms with Gasteiger partial charge in [0.2, 0.25) is 0 Å². The van der Waals surface area contributed by atoms with Crippen molar-refractivity contribution in [3.63, 3.8) is 0 Å². The first-order valence-corrected chi connectivity index (χ1v) is 8.11. The topological polar surface area (TPSA) is 74.6 Å². The molecule has 0 aromatic carbocycles. The van der Waals surface area contributed by atoms with Crippen LogP contribution in [0.2, 0.25) is 0 Å². The minimum absolute atomic E-state index is 0.0722. The van der Waals surface area contributed by atoms with Gasteiger partial charge < -0.3 is 10.2 Å². The highest BCUT2D eigenvalue weighted by Gasteiger charge is 2.32. The lowest BCUT2D eigenvalue weighted by atomic mass is 9.91. The van der Waals surface area contributed by atoms with Gasteiger partial charge in [0.15, 0.2) is 0 Å². The molecule has 0 aromatic rings. The van der Waals surface area contributed by atoms with E-state index in [1.165, 1.54) is 0 Å². The molecule has 0 bridgehead atoms. The average molecular weight is 306 g/mol. The van der Waals surface area contributed by atoms with Gasteiger partial charge in [-0.25, -0.2) is 0 Å². The van der Waals surface area contributed by atoms with Crippen molar-refractivity contribution in [2.75, 3.05) is 0 Å². The number of hydrogen-bond donors (Lipinski definition) is 2. The molecule has 0 aliphatic heterocycles. The second-order valence-corrected chi connectivity index (χ2v) is 5.82. The zero-order chi connectivity index (χ0) is 16.4. The summed E-state index contributed by atoms with van der Waals surface area (Å²) >= 11 is 0. The van der Waals surface area contributed by atoms with E-state index in [0.29, 0.717) is 25.7 Å². The fourth-order valence-electron chi connectivity index (χ4n) is 2.69. The maximum Gasteiger partial charge on any atom is 0.303 e. The Bertz CT molecular complexity index is 455. The minimum atomic E-state index is -0.802. The number of allylic oxidation sites excluding steroid dienone is 1. The third-order valence-electron chi connectivity index (χ3n) is 3.96. The Hall–Kier alpha value is -1.60. The summed E-state index contributed by atoms with van der Waals surface area (Å²) < 4.78 is 0. The van der Waals surface area contributed by atoms with Crippen molar-refractivity contribution in [3.8, 4) is 11.8 Å². The van der Waals surface area contributed by atoms with Crippen LogP contribution >= 0.6 is 0 Å². The fourth-order valence-corrected chi connectivity index (χ4v) is 2.69. The maximum atomic E-state index is 11.9. The highest BCUT2D eigenvalue weighted by Crippen LogP contribution is 2.32. The van der Waals surface area contributed by atoms with Crippen molar-refractivity contribution < 1.29 is 19.8 Å². The normalized spacial score (nSPS) is 22.5. The van der Waals surface area contributed by atoms with Gasteiger partial charge in [-0.2, -0.15) is 0 Å². The Morgan fingerprint density at radius 2 is 2.23 bits per heavy atom. The summed E-state index contributed by atoms with van der Waals surface area (Å²) in [5.74, 6) is 5.52. The molecule has 4 heteroatoms. The van der Waals surface area contributed by atoms with Crippen molar-refractivity contribution in [1.29, 1.82) is 0 Å². The molecule has 0 heterocycles. The number of Topliss-reactive ketones (excluding diaryl/α,β-unsaturated/α-hetero) is 1. The van der Waals surface area contributed by atoms with E-state index in [2.05, 4.69) is 11.8 Å². The van der Waals surface area contributed by atoms with Crippen LogP contribution in [0.1, 0.15) is 58.3 Å². The standard InChI is InChI=1S/C18H26O4/c1-2-7-15(19)12-10-14-11-13-17(20)16(14)8-5-3-4-6-9-18(21)22/h10,12,14-16,19H,2,4,6-9,11,13H2,1H3,(H,21,22). The monoisotopic (exact) mass is 306 g/mol. The number of hydrogen-bond acceptors (Lipinski definition) is 3. The summed E-state index contributed by atoms with van der Waals surface area (Å²) in [6, 6.07) is 0. The van der Waals surface area contributed by atoms with Crippen LogP contribution in [0.5, 0.6) is 0 Å². The smallest absolute Gasteiger partial charge is 0.303 e. The summed E-state index contributed by atoms with van der Waals surface area (Å²) in [6.07, 6.45) is 8.22. The zero-order valence-electron chi connectivity index (χ0n) is 13.3. The molecule has 0 saturated heterocycles. The van der Waals surface area contributed by atoms with Gasteiger partial charge in [-0.3, -0.25) is 9.59 Å².